The minimum absolute atomic E-state index is 0.00497. The Bertz CT molecular complexity index is 870. The number of hydrogen-bond donors (Lipinski definition) is 1. The van der Waals surface area contributed by atoms with E-state index in [1.807, 2.05) is 85.1 Å². The Kier molecular flexibility index (Phi) is 8.36. The molecule has 1 atom stereocenters. The van der Waals surface area contributed by atoms with E-state index >= 15 is 0 Å². The first kappa shape index (κ1) is 25.7. The molecule has 3 rings (SSSR count). The summed E-state index contributed by atoms with van der Waals surface area (Å²) in [6, 6.07) is 7.83. The van der Waals surface area contributed by atoms with Crippen LogP contribution in [-0.4, -0.2) is 57.9 Å². The summed E-state index contributed by atoms with van der Waals surface area (Å²) in [6.07, 6.45) is 4.28. The lowest BCUT2D eigenvalue weighted by molar-refractivity contribution is 0.0505. The third kappa shape index (κ3) is 7.58. The molecule has 1 aliphatic heterocycles. The van der Waals surface area contributed by atoms with Crippen molar-refractivity contribution in [3.8, 4) is 11.8 Å². The number of hydrogen-bond acceptors (Lipinski definition) is 7. The average Bonchev–Trinajstić information content (AvgIpc) is 3.16. The van der Waals surface area contributed by atoms with Crippen molar-refractivity contribution in [3.05, 3.63) is 47.8 Å². The van der Waals surface area contributed by atoms with Gasteiger partial charge in [-0.1, -0.05) is 12.1 Å². The molecular formula is C26H38N4O4. The van der Waals surface area contributed by atoms with E-state index in [1.165, 1.54) is 0 Å². The van der Waals surface area contributed by atoms with E-state index in [0.717, 1.165) is 24.1 Å². The minimum Gasteiger partial charge on any atom is -0.475 e. The van der Waals surface area contributed by atoms with Crippen molar-refractivity contribution in [2.45, 2.75) is 84.8 Å². The molecule has 0 radical (unpaired) electrons. The van der Waals surface area contributed by atoms with E-state index < -0.39 is 5.60 Å². The summed E-state index contributed by atoms with van der Waals surface area (Å²) in [5.74, 6) is 1.20. The zero-order chi connectivity index (χ0) is 24.9. The molecule has 186 valence electrons. The zero-order valence-electron chi connectivity index (χ0n) is 21.4. The van der Waals surface area contributed by atoms with Crippen LogP contribution >= 0.6 is 0 Å². The average molecular weight is 471 g/mol. The first-order valence-electron chi connectivity index (χ1n) is 12.0. The molecule has 2 aromatic heterocycles. The number of nitrogens with zero attached hydrogens (tertiary/aromatic N) is 3. The van der Waals surface area contributed by atoms with Crippen LogP contribution in [0.3, 0.4) is 0 Å². The van der Waals surface area contributed by atoms with Gasteiger partial charge in [0, 0.05) is 43.7 Å². The minimum atomic E-state index is -0.526. The van der Waals surface area contributed by atoms with Crippen molar-refractivity contribution in [2.24, 2.45) is 0 Å². The zero-order valence-corrected chi connectivity index (χ0v) is 21.4. The number of rotatable bonds is 8. The smallest absolute Gasteiger partial charge is 0.407 e. The van der Waals surface area contributed by atoms with Crippen LogP contribution in [0.4, 0.5) is 4.79 Å². The summed E-state index contributed by atoms with van der Waals surface area (Å²) in [5, 5.41) is 3.01. The fourth-order valence-corrected chi connectivity index (χ4v) is 3.96. The van der Waals surface area contributed by atoms with Gasteiger partial charge in [-0.25, -0.2) is 14.8 Å². The molecule has 1 amide bonds. The number of nitrogens with one attached hydrogen (secondary N) is 1. The van der Waals surface area contributed by atoms with Gasteiger partial charge in [-0.05, 0) is 66.0 Å². The number of amides is 1. The number of ether oxygens (including phenoxy) is 3. The van der Waals surface area contributed by atoms with Crippen LogP contribution < -0.4 is 14.8 Å². The van der Waals surface area contributed by atoms with Gasteiger partial charge in [-0.2, -0.15) is 0 Å². The molecule has 1 fully saturated rings. The van der Waals surface area contributed by atoms with Crippen LogP contribution in [0.5, 0.6) is 11.8 Å². The van der Waals surface area contributed by atoms with E-state index in [4.69, 9.17) is 14.2 Å². The molecule has 1 saturated heterocycles. The van der Waals surface area contributed by atoms with Gasteiger partial charge < -0.3 is 19.5 Å². The maximum absolute atomic E-state index is 12.3. The molecule has 0 aliphatic carbocycles. The Balaban J connectivity index is 1.80. The van der Waals surface area contributed by atoms with Gasteiger partial charge in [0.1, 0.15) is 5.60 Å². The first-order chi connectivity index (χ1) is 16.0. The standard InChI is InChI=1S/C26H38N4O4/c1-17(2)32-22-10-8-19(14-27-22)24(20-9-11-23(28-15-20)33-18(3)4)30-13-12-21(16-30)29-25(31)34-26(5,6)7/h8-11,14-15,17-18,21,24H,12-13,16H2,1-7H3,(H,29,31)/t21-/m1/s1. The van der Waals surface area contributed by atoms with E-state index in [0.29, 0.717) is 18.3 Å². The number of likely N-dealkylation sites (tertiary alicyclic amines) is 1. The highest BCUT2D eigenvalue weighted by Gasteiger charge is 2.32. The van der Waals surface area contributed by atoms with Crippen LogP contribution in [0.25, 0.3) is 0 Å². The number of alkyl carbamates (subject to hydrolysis) is 1. The third-order valence-electron chi connectivity index (χ3n) is 5.17. The normalized spacial score (nSPS) is 16.8. The number of carbonyl (C=O) groups is 1. The summed E-state index contributed by atoms with van der Waals surface area (Å²) in [7, 11) is 0. The summed E-state index contributed by atoms with van der Waals surface area (Å²) in [5.41, 5.74) is 1.55. The Morgan fingerprint density at radius 3 is 1.91 bits per heavy atom. The van der Waals surface area contributed by atoms with Crippen molar-refractivity contribution < 1.29 is 19.0 Å². The van der Waals surface area contributed by atoms with Gasteiger partial charge in [-0.15, -0.1) is 0 Å². The lowest BCUT2D eigenvalue weighted by atomic mass is 10.0. The van der Waals surface area contributed by atoms with Crippen molar-refractivity contribution in [3.63, 3.8) is 0 Å². The molecule has 0 aromatic carbocycles. The molecule has 0 unspecified atom stereocenters. The Morgan fingerprint density at radius 1 is 0.971 bits per heavy atom. The second-order valence-corrected chi connectivity index (χ2v) is 10.2. The second-order valence-electron chi connectivity index (χ2n) is 10.2. The van der Waals surface area contributed by atoms with Crippen LogP contribution in [0.2, 0.25) is 0 Å². The van der Waals surface area contributed by atoms with E-state index in [1.54, 1.807) is 0 Å². The molecule has 1 N–H and O–H groups in total. The molecule has 3 heterocycles. The summed E-state index contributed by atoms with van der Waals surface area (Å²) in [4.78, 5) is 23.7. The lowest BCUT2D eigenvalue weighted by Crippen LogP contribution is -2.41. The molecule has 8 nitrogen and oxygen atoms in total. The molecule has 34 heavy (non-hydrogen) atoms. The fraction of sp³-hybridized carbons (Fsp3) is 0.577. The molecule has 2 aromatic rings. The largest absolute Gasteiger partial charge is 0.475 e. The molecular weight excluding hydrogens is 432 g/mol. The predicted octanol–water partition coefficient (Wildman–Crippen LogP) is 4.74. The summed E-state index contributed by atoms with van der Waals surface area (Å²) in [6.45, 7) is 15.0. The predicted molar refractivity (Wildman–Crippen MR) is 131 cm³/mol. The highest BCUT2D eigenvalue weighted by Crippen LogP contribution is 2.32. The van der Waals surface area contributed by atoms with Crippen LogP contribution in [0.1, 0.15) is 72.1 Å². The highest BCUT2D eigenvalue weighted by molar-refractivity contribution is 5.68. The van der Waals surface area contributed by atoms with Gasteiger partial charge in [0.25, 0.3) is 0 Å². The fourth-order valence-electron chi connectivity index (χ4n) is 3.96. The van der Waals surface area contributed by atoms with Crippen LogP contribution in [0.15, 0.2) is 36.7 Å². The molecule has 1 aliphatic rings. The van der Waals surface area contributed by atoms with E-state index in [-0.39, 0.29) is 30.4 Å². The van der Waals surface area contributed by atoms with Crippen molar-refractivity contribution in [2.75, 3.05) is 13.1 Å². The second kappa shape index (κ2) is 11.0. The van der Waals surface area contributed by atoms with Gasteiger partial charge in [-0.3, -0.25) is 4.90 Å². The van der Waals surface area contributed by atoms with Gasteiger partial charge in [0.15, 0.2) is 0 Å². The third-order valence-corrected chi connectivity index (χ3v) is 5.17. The SMILES string of the molecule is CC(C)Oc1ccc(C(c2ccc(OC(C)C)nc2)N2CC[C@@H](NC(=O)OC(C)(C)C)C2)cn1. The van der Waals surface area contributed by atoms with E-state index in [2.05, 4.69) is 20.2 Å². The number of aromatic nitrogens is 2. The van der Waals surface area contributed by atoms with Gasteiger partial charge in [0.05, 0.1) is 18.2 Å². The van der Waals surface area contributed by atoms with Gasteiger partial charge in [0.2, 0.25) is 11.8 Å². The highest BCUT2D eigenvalue weighted by atomic mass is 16.6. The van der Waals surface area contributed by atoms with Crippen LogP contribution in [0, 0.1) is 0 Å². The topological polar surface area (TPSA) is 85.8 Å². The molecule has 0 spiro atoms. The maximum Gasteiger partial charge on any atom is 0.407 e. The van der Waals surface area contributed by atoms with Crippen molar-refractivity contribution >= 4 is 6.09 Å². The number of pyridine rings is 2. The first-order valence-corrected chi connectivity index (χ1v) is 12.0. The number of carbonyl (C=O) groups excluding carboxylic acids is 1. The maximum atomic E-state index is 12.3. The van der Waals surface area contributed by atoms with Crippen molar-refractivity contribution in [1.29, 1.82) is 0 Å². The Morgan fingerprint density at radius 2 is 1.50 bits per heavy atom. The van der Waals surface area contributed by atoms with Crippen LogP contribution in [-0.2, 0) is 4.74 Å². The lowest BCUT2D eigenvalue weighted by Gasteiger charge is -2.29. The molecule has 8 heteroatoms. The molecule has 0 bridgehead atoms. The van der Waals surface area contributed by atoms with Crippen molar-refractivity contribution in [1.82, 2.24) is 20.2 Å². The quantitative estimate of drug-likeness (QED) is 0.596. The Hall–Kier alpha value is -2.87. The van der Waals surface area contributed by atoms with E-state index in [9.17, 15) is 4.79 Å². The summed E-state index contributed by atoms with van der Waals surface area (Å²) < 4.78 is 16.9. The van der Waals surface area contributed by atoms with Gasteiger partial charge >= 0.3 is 6.09 Å². The molecule has 0 saturated carbocycles. The Labute approximate surface area is 203 Å². The summed E-state index contributed by atoms with van der Waals surface area (Å²) >= 11 is 0. The monoisotopic (exact) mass is 470 g/mol.